The van der Waals surface area contributed by atoms with E-state index < -0.39 is 0 Å². The Bertz CT molecular complexity index is 961. The molecule has 0 bridgehead atoms. The van der Waals surface area contributed by atoms with Gasteiger partial charge in [0, 0.05) is 10.9 Å². The van der Waals surface area contributed by atoms with Crippen molar-refractivity contribution >= 4 is 16.6 Å². The van der Waals surface area contributed by atoms with E-state index in [1.54, 1.807) is 0 Å². The average molecular weight is 296 g/mol. The van der Waals surface area contributed by atoms with Crippen molar-refractivity contribution in [1.82, 2.24) is 4.98 Å². The molecule has 0 atom stereocenters. The van der Waals surface area contributed by atoms with Gasteiger partial charge < -0.3 is 5.73 Å². The highest BCUT2D eigenvalue weighted by Gasteiger charge is 2.10. The second-order valence-electron chi connectivity index (χ2n) is 5.53. The maximum absolute atomic E-state index is 6.19. The number of nitrogens with two attached hydrogens (primary N) is 1. The fraction of sp³-hybridized carbons (Fsp3) is 0. The van der Waals surface area contributed by atoms with Gasteiger partial charge in [-0.3, -0.25) is 0 Å². The van der Waals surface area contributed by atoms with Crippen molar-refractivity contribution in [2.24, 2.45) is 0 Å². The molecule has 4 aromatic rings. The molecule has 3 aromatic carbocycles. The zero-order chi connectivity index (χ0) is 15.6. The largest absolute Gasteiger partial charge is 0.397 e. The number of hydrogen-bond donors (Lipinski definition) is 1. The van der Waals surface area contributed by atoms with Gasteiger partial charge in [-0.25, -0.2) is 4.98 Å². The molecule has 1 heterocycles. The van der Waals surface area contributed by atoms with Crippen LogP contribution in [0.25, 0.3) is 33.3 Å². The van der Waals surface area contributed by atoms with E-state index in [0.717, 1.165) is 27.7 Å². The van der Waals surface area contributed by atoms with Gasteiger partial charge in [0.1, 0.15) is 0 Å². The fourth-order valence-electron chi connectivity index (χ4n) is 2.88. The Morgan fingerprint density at radius 1 is 0.652 bits per heavy atom. The monoisotopic (exact) mass is 296 g/mol. The van der Waals surface area contributed by atoms with Crippen LogP contribution in [0.3, 0.4) is 0 Å². The van der Waals surface area contributed by atoms with Crippen molar-refractivity contribution < 1.29 is 0 Å². The zero-order valence-electron chi connectivity index (χ0n) is 12.6. The summed E-state index contributed by atoms with van der Waals surface area (Å²) in [5.74, 6) is 0. The fourth-order valence-corrected chi connectivity index (χ4v) is 2.88. The quantitative estimate of drug-likeness (QED) is 0.519. The normalized spacial score (nSPS) is 10.8. The molecule has 0 radical (unpaired) electrons. The van der Waals surface area contributed by atoms with Crippen molar-refractivity contribution in [2.75, 3.05) is 5.73 Å². The number of benzene rings is 3. The van der Waals surface area contributed by atoms with Crippen LogP contribution in [0.1, 0.15) is 0 Å². The first-order valence-electron chi connectivity index (χ1n) is 7.63. The van der Waals surface area contributed by atoms with Gasteiger partial charge in [0.25, 0.3) is 0 Å². The number of nitrogen functional groups attached to an aromatic ring is 1. The standard InChI is InChI=1S/C21H16N2/c22-19-13-7-12-17-18(15-8-3-1-4-9-15)14-20(23-21(17)19)16-10-5-2-6-11-16/h1-14H,22H2. The number of fused-ring (bicyclic) bond motifs is 1. The molecular weight excluding hydrogens is 280 g/mol. The summed E-state index contributed by atoms with van der Waals surface area (Å²) in [6.07, 6.45) is 0. The number of aromatic nitrogens is 1. The molecule has 0 amide bonds. The van der Waals surface area contributed by atoms with Crippen molar-refractivity contribution in [1.29, 1.82) is 0 Å². The van der Waals surface area contributed by atoms with Gasteiger partial charge in [-0.05, 0) is 23.3 Å². The lowest BCUT2D eigenvalue weighted by atomic mass is 9.98. The molecule has 4 rings (SSSR count). The van der Waals surface area contributed by atoms with Crippen LogP contribution in [0.2, 0.25) is 0 Å². The van der Waals surface area contributed by atoms with E-state index in [1.807, 2.05) is 36.4 Å². The summed E-state index contributed by atoms with van der Waals surface area (Å²) in [5.41, 5.74) is 12.1. The Morgan fingerprint density at radius 2 is 1.30 bits per heavy atom. The summed E-state index contributed by atoms with van der Waals surface area (Å²) in [5, 5.41) is 1.08. The molecule has 2 heteroatoms. The van der Waals surface area contributed by atoms with Crippen molar-refractivity contribution in [3.8, 4) is 22.4 Å². The van der Waals surface area contributed by atoms with Crippen molar-refractivity contribution in [3.63, 3.8) is 0 Å². The highest BCUT2D eigenvalue weighted by molar-refractivity contribution is 6.01. The third-order valence-corrected chi connectivity index (χ3v) is 4.03. The Kier molecular flexibility index (Phi) is 3.28. The first-order valence-corrected chi connectivity index (χ1v) is 7.63. The number of anilines is 1. The van der Waals surface area contributed by atoms with Gasteiger partial charge in [0.15, 0.2) is 0 Å². The zero-order valence-corrected chi connectivity index (χ0v) is 12.6. The Balaban J connectivity index is 2.06. The third-order valence-electron chi connectivity index (χ3n) is 4.03. The molecule has 0 saturated heterocycles. The number of pyridine rings is 1. The molecule has 0 fully saturated rings. The highest BCUT2D eigenvalue weighted by Crippen LogP contribution is 2.33. The van der Waals surface area contributed by atoms with Gasteiger partial charge in [0.2, 0.25) is 0 Å². The molecule has 0 aliphatic carbocycles. The summed E-state index contributed by atoms with van der Waals surface area (Å²) in [6, 6.07) is 28.7. The van der Waals surface area contributed by atoms with Crippen LogP contribution in [0.4, 0.5) is 5.69 Å². The third kappa shape index (κ3) is 2.44. The minimum absolute atomic E-state index is 0.706. The second kappa shape index (κ2) is 5.58. The summed E-state index contributed by atoms with van der Waals surface area (Å²) in [6.45, 7) is 0. The molecule has 0 aliphatic heterocycles. The van der Waals surface area contributed by atoms with Gasteiger partial charge >= 0.3 is 0 Å². The van der Waals surface area contributed by atoms with Crippen molar-refractivity contribution in [2.45, 2.75) is 0 Å². The average Bonchev–Trinajstić information content (AvgIpc) is 2.63. The number of rotatable bonds is 2. The lowest BCUT2D eigenvalue weighted by molar-refractivity contribution is 1.40. The Labute approximate surface area is 135 Å². The number of nitrogens with zero attached hydrogens (tertiary/aromatic N) is 1. The topological polar surface area (TPSA) is 38.9 Å². The van der Waals surface area contributed by atoms with Crippen LogP contribution in [0.15, 0.2) is 84.9 Å². The molecular formula is C21H16N2. The van der Waals surface area contributed by atoms with E-state index in [4.69, 9.17) is 10.7 Å². The molecule has 0 saturated carbocycles. The second-order valence-corrected chi connectivity index (χ2v) is 5.53. The Hall–Kier alpha value is -3.13. The predicted octanol–water partition coefficient (Wildman–Crippen LogP) is 5.15. The van der Waals surface area contributed by atoms with Crippen LogP contribution >= 0.6 is 0 Å². The van der Waals surface area contributed by atoms with Crippen LogP contribution in [0.5, 0.6) is 0 Å². The molecule has 0 spiro atoms. The van der Waals surface area contributed by atoms with Crippen LogP contribution in [-0.2, 0) is 0 Å². The van der Waals surface area contributed by atoms with E-state index in [-0.39, 0.29) is 0 Å². The summed E-state index contributed by atoms with van der Waals surface area (Å²) >= 11 is 0. The minimum Gasteiger partial charge on any atom is -0.397 e. The van der Waals surface area contributed by atoms with E-state index in [0.29, 0.717) is 5.69 Å². The molecule has 0 aliphatic rings. The van der Waals surface area contributed by atoms with Crippen LogP contribution in [0, 0.1) is 0 Å². The summed E-state index contributed by atoms with van der Waals surface area (Å²) in [7, 11) is 0. The van der Waals surface area contributed by atoms with E-state index >= 15 is 0 Å². The van der Waals surface area contributed by atoms with E-state index in [1.165, 1.54) is 5.56 Å². The van der Waals surface area contributed by atoms with Gasteiger partial charge in [0.05, 0.1) is 16.9 Å². The predicted molar refractivity (Wildman–Crippen MR) is 97.0 cm³/mol. The summed E-state index contributed by atoms with van der Waals surface area (Å²) < 4.78 is 0. The Morgan fingerprint density at radius 3 is 2.00 bits per heavy atom. The SMILES string of the molecule is Nc1cccc2c(-c3ccccc3)cc(-c3ccccc3)nc12. The minimum atomic E-state index is 0.706. The van der Waals surface area contributed by atoms with Gasteiger partial charge in [-0.1, -0.05) is 72.8 Å². The maximum Gasteiger partial charge on any atom is 0.0944 e. The van der Waals surface area contributed by atoms with Crippen LogP contribution < -0.4 is 5.73 Å². The number of hydrogen-bond acceptors (Lipinski definition) is 2. The lowest BCUT2D eigenvalue weighted by Crippen LogP contribution is -1.94. The molecule has 110 valence electrons. The molecule has 2 N–H and O–H groups in total. The molecule has 0 unspecified atom stereocenters. The summed E-state index contributed by atoms with van der Waals surface area (Å²) in [4.78, 5) is 4.81. The number of para-hydroxylation sites is 1. The van der Waals surface area contributed by atoms with E-state index in [9.17, 15) is 0 Å². The van der Waals surface area contributed by atoms with Gasteiger partial charge in [-0.2, -0.15) is 0 Å². The lowest BCUT2D eigenvalue weighted by Gasteiger charge is -2.11. The van der Waals surface area contributed by atoms with Crippen LogP contribution in [-0.4, -0.2) is 4.98 Å². The molecule has 2 nitrogen and oxygen atoms in total. The van der Waals surface area contributed by atoms with E-state index in [2.05, 4.69) is 48.5 Å². The molecule has 23 heavy (non-hydrogen) atoms. The van der Waals surface area contributed by atoms with Crippen molar-refractivity contribution in [3.05, 3.63) is 84.9 Å². The highest BCUT2D eigenvalue weighted by atomic mass is 14.7. The smallest absolute Gasteiger partial charge is 0.0944 e. The van der Waals surface area contributed by atoms with Gasteiger partial charge in [-0.15, -0.1) is 0 Å². The first kappa shape index (κ1) is 13.5. The first-order chi connectivity index (χ1) is 11.3. The maximum atomic E-state index is 6.19. The molecule has 1 aromatic heterocycles.